The van der Waals surface area contributed by atoms with E-state index in [-0.39, 0.29) is 23.2 Å². The number of ether oxygens (including phenoxy) is 2. The number of nitrogens with zero attached hydrogens (tertiary/aromatic N) is 1. The van der Waals surface area contributed by atoms with E-state index in [9.17, 15) is 9.18 Å². The maximum atomic E-state index is 14.3. The Morgan fingerprint density at radius 1 is 1.35 bits per heavy atom. The SMILES string of the molecule is COC(=O)c1cc(Oc2ncccc2C)c(F)cc1NC(C)C. The second kappa shape index (κ2) is 7.09. The molecule has 5 nitrogen and oxygen atoms in total. The van der Waals surface area contributed by atoms with Crippen molar-refractivity contribution >= 4 is 11.7 Å². The predicted molar refractivity (Wildman–Crippen MR) is 85.5 cm³/mol. The van der Waals surface area contributed by atoms with Gasteiger partial charge in [0, 0.05) is 29.9 Å². The first-order valence-electron chi connectivity index (χ1n) is 7.20. The molecule has 2 rings (SSSR count). The molecule has 0 unspecified atom stereocenters. The van der Waals surface area contributed by atoms with Crippen LogP contribution < -0.4 is 10.1 Å². The number of hydrogen-bond donors (Lipinski definition) is 1. The molecule has 0 spiro atoms. The summed E-state index contributed by atoms with van der Waals surface area (Å²) in [6.07, 6.45) is 1.55. The zero-order chi connectivity index (χ0) is 17.0. The molecule has 0 amide bonds. The molecule has 0 fully saturated rings. The van der Waals surface area contributed by atoms with Crippen LogP contribution in [0.1, 0.15) is 29.8 Å². The van der Waals surface area contributed by atoms with E-state index in [0.29, 0.717) is 5.69 Å². The molecule has 0 aliphatic heterocycles. The van der Waals surface area contributed by atoms with E-state index in [1.54, 1.807) is 25.3 Å². The number of methoxy groups -OCH3 is 1. The number of pyridine rings is 1. The Bertz CT molecular complexity index is 717. The average molecular weight is 318 g/mol. The van der Waals surface area contributed by atoms with Gasteiger partial charge in [-0.1, -0.05) is 6.07 Å². The molecule has 23 heavy (non-hydrogen) atoms. The lowest BCUT2D eigenvalue weighted by Crippen LogP contribution is -2.15. The molecule has 6 heteroatoms. The van der Waals surface area contributed by atoms with Gasteiger partial charge in [0.15, 0.2) is 11.6 Å². The molecule has 2 aromatic rings. The Balaban J connectivity index is 2.44. The smallest absolute Gasteiger partial charge is 0.340 e. The fraction of sp³-hybridized carbons (Fsp3) is 0.294. The van der Waals surface area contributed by atoms with Crippen molar-refractivity contribution in [3.05, 3.63) is 47.4 Å². The summed E-state index contributed by atoms with van der Waals surface area (Å²) in [5.74, 6) is -0.963. The van der Waals surface area contributed by atoms with Gasteiger partial charge in [0.2, 0.25) is 5.88 Å². The summed E-state index contributed by atoms with van der Waals surface area (Å²) >= 11 is 0. The molecule has 0 saturated heterocycles. The number of esters is 1. The Morgan fingerprint density at radius 3 is 2.70 bits per heavy atom. The highest BCUT2D eigenvalue weighted by Gasteiger charge is 2.19. The van der Waals surface area contributed by atoms with Crippen LogP contribution in [-0.2, 0) is 4.74 Å². The number of rotatable bonds is 5. The first-order valence-corrected chi connectivity index (χ1v) is 7.20. The van der Waals surface area contributed by atoms with E-state index >= 15 is 0 Å². The normalized spacial score (nSPS) is 10.5. The zero-order valence-electron chi connectivity index (χ0n) is 13.5. The summed E-state index contributed by atoms with van der Waals surface area (Å²) in [5, 5.41) is 3.02. The van der Waals surface area contributed by atoms with Gasteiger partial charge in [-0.25, -0.2) is 14.2 Å². The highest BCUT2D eigenvalue weighted by atomic mass is 19.1. The number of aryl methyl sites for hydroxylation is 1. The van der Waals surface area contributed by atoms with Gasteiger partial charge in [-0.15, -0.1) is 0 Å². The van der Waals surface area contributed by atoms with Crippen LogP contribution in [0.4, 0.5) is 10.1 Å². The average Bonchev–Trinajstić information content (AvgIpc) is 2.50. The molecule has 1 aromatic carbocycles. The number of benzene rings is 1. The van der Waals surface area contributed by atoms with Crippen LogP contribution in [0.25, 0.3) is 0 Å². The standard InChI is InChI=1S/C17H19FN2O3/c1-10(2)20-14-9-13(18)15(8-12(14)17(21)22-4)23-16-11(3)6-5-7-19-16/h5-10,20H,1-4H3. The lowest BCUT2D eigenvalue weighted by Gasteiger charge is -2.16. The van der Waals surface area contributed by atoms with E-state index in [0.717, 1.165) is 5.56 Å². The number of aromatic nitrogens is 1. The second-order valence-electron chi connectivity index (χ2n) is 5.35. The first kappa shape index (κ1) is 16.7. The van der Waals surface area contributed by atoms with Gasteiger partial charge in [-0.05, 0) is 26.8 Å². The molecule has 0 aliphatic rings. The molecule has 1 heterocycles. The van der Waals surface area contributed by atoms with Crippen molar-refractivity contribution in [1.29, 1.82) is 0 Å². The number of nitrogens with one attached hydrogen (secondary N) is 1. The molecule has 0 radical (unpaired) electrons. The topological polar surface area (TPSA) is 60.5 Å². The minimum absolute atomic E-state index is 0.0302. The highest BCUT2D eigenvalue weighted by molar-refractivity contribution is 5.96. The van der Waals surface area contributed by atoms with E-state index in [4.69, 9.17) is 9.47 Å². The molecule has 0 atom stereocenters. The molecular weight excluding hydrogens is 299 g/mol. The number of hydrogen-bond acceptors (Lipinski definition) is 5. The fourth-order valence-corrected chi connectivity index (χ4v) is 2.02. The van der Waals surface area contributed by atoms with E-state index < -0.39 is 11.8 Å². The van der Waals surface area contributed by atoms with Crippen molar-refractivity contribution < 1.29 is 18.7 Å². The third-order valence-corrected chi connectivity index (χ3v) is 3.09. The molecule has 1 N–H and O–H groups in total. The maximum Gasteiger partial charge on any atom is 0.340 e. The lowest BCUT2D eigenvalue weighted by molar-refractivity contribution is 0.0601. The Kier molecular flexibility index (Phi) is 5.16. The predicted octanol–water partition coefficient (Wildman–Crippen LogP) is 3.93. The molecule has 0 saturated carbocycles. The summed E-state index contributed by atoms with van der Waals surface area (Å²) < 4.78 is 24.6. The van der Waals surface area contributed by atoms with Crippen LogP contribution in [0.15, 0.2) is 30.5 Å². The third kappa shape index (κ3) is 3.97. The Morgan fingerprint density at radius 2 is 2.09 bits per heavy atom. The molecule has 1 aromatic heterocycles. The minimum atomic E-state index is -0.592. The monoisotopic (exact) mass is 318 g/mol. The van der Waals surface area contributed by atoms with E-state index in [1.165, 1.54) is 19.2 Å². The Hall–Kier alpha value is -2.63. The minimum Gasteiger partial charge on any atom is -0.465 e. The van der Waals surface area contributed by atoms with Gasteiger partial charge in [0.1, 0.15) is 0 Å². The van der Waals surface area contributed by atoms with Crippen molar-refractivity contribution in [3.63, 3.8) is 0 Å². The number of carbonyl (C=O) groups excluding carboxylic acids is 1. The Labute approximate surface area is 134 Å². The van der Waals surface area contributed by atoms with Gasteiger partial charge < -0.3 is 14.8 Å². The van der Waals surface area contributed by atoms with Crippen molar-refractivity contribution in [2.24, 2.45) is 0 Å². The van der Waals surface area contributed by atoms with Crippen LogP contribution in [-0.4, -0.2) is 24.1 Å². The second-order valence-corrected chi connectivity index (χ2v) is 5.35. The summed E-state index contributed by atoms with van der Waals surface area (Å²) in [5.41, 5.74) is 1.32. The van der Waals surface area contributed by atoms with Crippen LogP contribution >= 0.6 is 0 Å². The highest BCUT2D eigenvalue weighted by Crippen LogP contribution is 2.31. The van der Waals surface area contributed by atoms with Crippen molar-refractivity contribution in [1.82, 2.24) is 4.98 Å². The summed E-state index contributed by atoms with van der Waals surface area (Å²) in [4.78, 5) is 16.0. The van der Waals surface area contributed by atoms with Gasteiger partial charge >= 0.3 is 5.97 Å². The van der Waals surface area contributed by atoms with Crippen molar-refractivity contribution in [3.8, 4) is 11.6 Å². The van der Waals surface area contributed by atoms with E-state index in [1.807, 2.05) is 13.8 Å². The molecule has 0 aliphatic carbocycles. The first-order chi connectivity index (χ1) is 10.9. The summed E-state index contributed by atoms with van der Waals surface area (Å²) in [6.45, 7) is 5.58. The largest absolute Gasteiger partial charge is 0.465 e. The van der Waals surface area contributed by atoms with Crippen molar-refractivity contribution in [2.45, 2.75) is 26.8 Å². The maximum absolute atomic E-state index is 14.3. The quantitative estimate of drug-likeness (QED) is 0.846. The van der Waals surface area contributed by atoms with Crippen LogP contribution in [0.3, 0.4) is 0 Å². The van der Waals surface area contributed by atoms with Crippen LogP contribution in [0.2, 0.25) is 0 Å². The van der Waals surface area contributed by atoms with Crippen LogP contribution in [0, 0.1) is 12.7 Å². The van der Waals surface area contributed by atoms with Crippen LogP contribution in [0.5, 0.6) is 11.6 Å². The number of anilines is 1. The third-order valence-electron chi connectivity index (χ3n) is 3.09. The number of carbonyl (C=O) groups is 1. The van der Waals surface area contributed by atoms with Gasteiger partial charge in [-0.3, -0.25) is 0 Å². The lowest BCUT2D eigenvalue weighted by atomic mass is 10.1. The zero-order valence-corrected chi connectivity index (χ0v) is 13.5. The summed E-state index contributed by atoms with van der Waals surface area (Å²) in [6, 6.07) is 6.13. The van der Waals surface area contributed by atoms with Gasteiger partial charge in [0.05, 0.1) is 18.4 Å². The van der Waals surface area contributed by atoms with E-state index in [2.05, 4.69) is 10.3 Å². The van der Waals surface area contributed by atoms with Gasteiger partial charge in [-0.2, -0.15) is 0 Å². The molecular formula is C17H19FN2O3. The number of halogens is 1. The summed E-state index contributed by atoms with van der Waals surface area (Å²) in [7, 11) is 1.27. The molecule has 0 bridgehead atoms. The van der Waals surface area contributed by atoms with Gasteiger partial charge in [0.25, 0.3) is 0 Å². The molecule has 122 valence electrons. The fourth-order valence-electron chi connectivity index (χ4n) is 2.02. The van der Waals surface area contributed by atoms with Crippen molar-refractivity contribution in [2.75, 3.05) is 12.4 Å².